The lowest BCUT2D eigenvalue weighted by Crippen LogP contribution is -2.33. The van der Waals surface area contributed by atoms with Crippen LogP contribution in [0.25, 0.3) is 0 Å². The van der Waals surface area contributed by atoms with Crippen molar-refractivity contribution in [1.82, 2.24) is 10.2 Å². The number of nitrogens with one attached hydrogen (secondary N) is 1. The van der Waals surface area contributed by atoms with Crippen LogP contribution >= 0.6 is 0 Å². The second-order valence-corrected chi connectivity index (χ2v) is 5.10. The summed E-state index contributed by atoms with van der Waals surface area (Å²) < 4.78 is 0. The summed E-state index contributed by atoms with van der Waals surface area (Å²) in [6, 6.07) is 8.14. The van der Waals surface area contributed by atoms with E-state index in [1.165, 1.54) is 11.1 Å². The van der Waals surface area contributed by atoms with Gasteiger partial charge in [0, 0.05) is 7.05 Å². The molecule has 0 aliphatic carbocycles. The molecule has 92 valence electrons. The van der Waals surface area contributed by atoms with Crippen LogP contribution in [0.5, 0.6) is 0 Å². The Hall–Kier alpha value is -1.35. The van der Waals surface area contributed by atoms with Gasteiger partial charge in [0.15, 0.2) is 0 Å². The maximum atomic E-state index is 12.1. The Bertz CT molecular complexity index is 428. The van der Waals surface area contributed by atoms with Crippen molar-refractivity contribution in [3.05, 3.63) is 35.4 Å². The summed E-state index contributed by atoms with van der Waals surface area (Å²) >= 11 is 0. The lowest BCUT2D eigenvalue weighted by Gasteiger charge is -2.21. The molecule has 1 amide bonds. The molecule has 0 saturated carbocycles. The first-order valence-corrected chi connectivity index (χ1v) is 6.10. The van der Waals surface area contributed by atoms with Crippen molar-refractivity contribution in [2.45, 2.75) is 33.0 Å². The Labute approximate surface area is 103 Å². The van der Waals surface area contributed by atoms with Gasteiger partial charge in [-0.05, 0) is 24.0 Å². The van der Waals surface area contributed by atoms with Crippen molar-refractivity contribution >= 4 is 5.91 Å². The van der Waals surface area contributed by atoms with Gasteiger partial charge >= 0.3 is 0 Å². The highest BCUT2D eigenvalue weighted by molar-refractivity contribution is 5.84. The van der Waals surface area contributed by atoms with E-state index in [2.05, 4.69) is 38.2 Å². The van der Waals surface area contributed by atoms with Crippen LogP contribution < -0.4 is 5.32 Å². The second kappa shape index (κ2) is 4.49. The molecule has 2 unspecified atom stereocenters. The van der Waals surface area contributed by atoms with Gasteiger partial charge in [0.25, 0.3) is 0 Å². The van der Waals surface area contributed by atoms with Gasteiger partial charge < -0.3 is 4.90 Å². The first-order valence-electron chi connectivity index (χ1n) is 6.10. The fourth-order valence-corrected chi connectivity index (χ4v) is 2.37. The molecule has 1 N–H and O–H groups in total. The van der Waals surface area contributed by atoms with Crippen LogP contribution in [0.15, 0.2) is 24.3 Å². The van der Waals surface area contributed by atoms with Crippen molar-refractivity contribution in [2.75, 3.05) is 7.05 Å². The molecule has 0 bridgehead atoms. The van der Waals surface area contributed by atoms with E-state index in [0.29, 0.717) is 5.92 Å². The normalized spacial score (nSPS) is 24.8. The molecule has 1 aromatic carbocycles. The molecule has 0 aromatic heterocycles. The summed E-state index contributed by atoms with van der Waals surface area (Å²) in [6.07, 6.45) is 0.0103. The number of hydrogen-bond donors (Lipinski definition) is 1. The average molecular weight is 232 g/mol. The standard InChI is InChI=1S/C14H20N2O/c1-9(2)12-14(17)16(4)13(15-12)11-8-6-5-7-10(11)3/h5-9,12-13,15H,1-4H3. The lowest BCUT2D eigenvalue weighted by molar-refractivity contribution is -0.129. The highest BCUT2D eigenvalue weighted by Crippen LogP contribution is 2.28. The number of rotatable bonds is 2. The zero-order valence-electron chi connectivity index (χ0n) is 10.9. The third-order valence-electron chi connectivity index (χ3n) is 3.49. The van der Waals surface area contributed by atoms with E-state index in [-0.39, 0.29) is 18.1 Å². The van der Waals surface area contributed by atoms with Crippen molar-refractivity contribution in [3.63, 3.8) is 0 Å². The minimum atomic E-state index is -0.0652. The number of amides is 1. The topological polar surface area (TPSA) is 32.3 Å². The fourth-order valence-electron chi connectivity index (χ4n) is 2.37. The number of nitrogens with zero attached hydrogens (tertiary/aromatic N) is 1. The van der Waals surface area contributed by atoms with Crippen LogP contribution in [-0.2, 0) is 4.79 Å². The predicted molar refractivity (Wildman–Crippen MR) is 68.5 cm³/mol. The lowest BCUT2D eigenvalue weighted by atomic mass is 10.0. The highest BCUT2D eigenvalue weighted by Gasteiger charge is 2.39. The van der Waals surface area contributed by atoms with Gasteiger partial charge in [0.05, 0.1) is 6.04 Å². The van der Waals surface area contributed by atoms with Gasteiger partial charge in [-0.2, -0.15) is 0 Å². The number of carbonyl (C=O) groups is 1. The third-order valence-corrected chi connectivity index (χ3v) is 3.49. The predicted octanol–water partition coefficient (Wildman–Crippen LogP) is 2.08. The summed E-state index contributed by atoms with van der Waals surface area (Å²) in [6.45, 7) is 6.23. The summed E-state index contributed by atoms with van der Waals surface area (Å²) in [4.78, 5) is 13.9. The van der Waals surface area contributed by atoms with Gasteiger partial charge in [0.1, 0.15) is 6.17 Å². The molecule has 0 radical (unpaired) electrons. The average Bonchev–Trinajstić information content (AvgIpc) is 2.57. The van der Waals surface area contributed by atoms with Crippen LogP contribution in [0.1, 0.15) is 31.1 Å². The van der Waals surface area contributed by atoms with Crippen molar-refractivity contribution in [2.24, 2.45) is 5.92 Å². The molecule has 0 spiro atoms. The molecular weight excluding hydrogens is 212 g/mol. The SMILES string of the molecule is Cc1ccccc1C1NC(C(C)C)C(=O)N1C. The number of carbonyl (C=O) groups excluding carboxylic acids is 1. The van der Waals surface area contributed by atoms with Gasteiger partial charge in [-0.1, -0.05) is 38.1 Å². The smallest absolute Gasteiger partial charge is 0.241 e. The van der Waals surface area contributed by atoms with E-state index in [1.807, 2.05) is 24.1 Å². The van der Waals surface area contributed by atoms with Gasteiger partial charge in [-0.3, -0.25) is 10.1 Å². The molecule has 2 rings (SSSR count). The number of hydrogen-bond acceptors (Lipinski definition) is 2. The highest BCUT2D eigenvalue weighted by atomic mass is 16.2. The maximum absolute atomic E-state index is 12.1. The first kappa shape index (κ1) is 12.1. The maximum Gasteiger partial charge on any atom is 0.241 e. The van der Waals surface area contributed by atoms with Gasteiger partial charge in [0.2, 0.25) is 5.91 Å². The molecule has 1 saturated heterocycles. The molecule has 2 atom stereocenters. The Morgan fingerprint density at radius 2 is 1.94 bits per heavy atom. The minimum absolute atomic E-state index is 0.0103. The molecule has 1 fully saturated rings. The molecular formula is C14H20N2O. The number of likely N-dealkylation sites (N-methyl/N-ethyl adjacent to an activating group) is 1. The second-order valence-electron chi connectivity index (χ2n) is 5.10. The van der Waals surface area contributed by atoms with E-state index in [9.17, 15) is 4.79 Å². The molecule has 1 aromatic rings. The zero-order chi connectivity index (χ0) is 12.6. The molecule has 1 aliphatic rings. The van der Waals surface area contributed by atoms with Crippen molar-refractivity contribution in [1.29, 1.82) is 0 Å². The molecule has 3 heteroatoms. The van der Waals surface area contributed by atoms with Gasteiger partial charge in [-0.25, -0.2) is 0 Å². The Morgan fingerprint density at radius 1 is 1.29 bits per heavy atom. The number of benzene rings is 1. The minimum Gasteiger partial charge on any atom is -0.325 e. The Balaban J connectivity index is 2.30. The van der Waals surface area contributed by atoms with Gasteiger partial charge in [-0.15, -0.1) is 0 Å². The van der Waals surface area contributed by atoms with Crippen LogP contribution in [0, 0.1) is 12.8 Å². The monoisotopic (exact) mass is 232 g/mol. The molecule has 3 nitrogen and oxygen atoms in total. The third kappa shape index (κ3) is 2.07. The summed E-state index contributed by atoms with van der Waals surface area (Å²) in [7, 11) is 1.87. The Kier molecular flexibility index (Phi) is 3.20. The summed E-state index contributed by atoms with van der Waals surface area (Å²) in [5, 5.41) is 3.42. The Morgan fingerprint density at radius 3 is 2.47 bits per heavy atom. The van der Waals surface area contributed by atoms with E-state index in [1.54, 1.807) is 0 Å². The largest absolute Gasteiger partial charge is 0.325 e. The van der Waals surface area contributed by atoms with Crippen LogP contribution in [0.4, 0.5) is 0 Å². The summed E-state index contributed by atoms with van der Waals surface area (Å²) in [5.41, 5.74) is 2.40. The van der Waals surface area contributed by atoms with Crippen LogP contribution in [-0.4, -0.2) is 23.9 Å². The van der Waals surface area contributed by atoms with E-state index >= 15 is 0 Å². The van der Waals surface area contributed by atoms with Crippen LogP contribution in [0.3, 0.4) is 0 Å². The molecule has 17 heavy (non-hydrogen) atoms. The summed E-state index contributed by atoms with van der Waals surface area (Å²) in [5.74, 6) is 0.507. The fraction of sp³-hybridized carbons (Fsp3) is 0.500. The first-order chi connectivity index (χ1) is 8.02. The van der Waals surface area contributed by atoms with Crippen molar-refractivity contribution in [3.8, 4) is 0 Å². The number of aryl methyl sites for hydroxylation is 1. The zero-order valence-corrected chi connectivity index (χ0v) is 10.9. The van der Waals surface area contributed by atoms with Crippen LogP contribution in [0.2, 0.25) is 0 Å². The molecule has 1 heterocycles. The quantitative estimate of drug-likeness (QED) is 0.846. The van der Waals surface area contributed by atoms with E-state index in [4.69, 9.17) is 0 Å². The molecule has 1 aliphatic heterocycles. The van der Waals surface area contributed by atoms with Crippen molar-refractivity contribution < 1.29 is 4.79 Å². The van der Waals surface area contributed by atoms with E-state index in [0.717, 1.165) is 0 Å². The van der Waals surface area contributed by atoms with E-state index < -0.39 is 0 Å².